The Morgan fingerprint density at radius 2 is 1.92 bits per heavy atom. The van der Waals surface area contributed by atoms with Gasteiger partial charge >= 0.3 is 0 Å². The molecule has 1 atom stereocenters. The van der Waals surface area contributed by atoms with E-state index in [1.165, 1.54) is 18.2 Å². The minimum atomic E-state index is -0.327. The van der Waals surface area contributed by atoms with Crippen molar-refractivity contribution in [1.82, 2.24) is 10.2 Å². The Morgan fingerprint density at radius 1 is 1.23 bits per heavy atom. The molecular weight excluding hydrogens is 335 g/mol. The number of aromatic hydroxyl groups is 1. The number of halogens is 1. The third-order valence-electron chi connectivity index (χ3n) is 4.59. The number of rotatable bonds is 5. The average molecular weight is 358 g/mol. The number of carbonyl (C=O) groups is 1. The summed E-state index contributed by atoms with van der Waals surface area (Å²) in [5.41, 5.74) is 2.09. The number of nitrogens with zero attached hydrogens (tertiary/aromatic N) is 1. The SMILES string of the molecule is Cc1ccc(O)c(C(=O)NCC(c2ccc(F)cc2)N2CCOCC2)c1. The van der Waals surface area contributed by atoms with E-state index in [9.17, 15) is 14.3 Å². The molecule has 0 saturated carbocycles. The van der Waals surface area contributed by atoms with Gasteiger partial charge in [0, 0.05) is 19.6 Å². The second-order valence-corrected chi connectivity index (χ2v) is 6.45. The average Bonchev–Trinajstić information content (AvgIpc) is 2.66. The molecule has 1 aliphatic heterocycles. The first-order valence-electron chi connectivity index (χ1n) is 8.69. The zero-order valence-electron chi connectivity index (χ0n) is 14.7. The molecule has 0 aromatic heterocycles. The van der Waals surface area contributed by atoms with E-state index in [1.807, 2.05) is 6.92 Å². The Kier molecular flexibility index (Phi) is 5.85. The Balaban J connectivity index is 1.75. The van der Waals surface area contributed by atoms with Crippen molar-refractivity contribution >= 4 is 5.91 Å². The van der Waals surface area contributed by atoms with Crippen molar-refractivity contribution in [2.75, 3.05) is 32.8 Å². The monoisotopic (exact) mass is 358 g/mol. The fourth-order valence-corrected chi connectivity index (χ4v) is 3.15. The van der Waals surface area contributed by atoms with Crippen molar-refractivity contribution in [2.45, 2.75) is 13.0 Å². The van der Waals surface area contributed by atoms with Gasteiger partial charge in [-0.2, -0.15) is 0 Å². The molecule has 2 aromatic rings. The molecule has 6 heteroatoms. The third kappa shape index (κ3) is 4.39. The van der Waals surface area contributed by atoms with Crippen LogP contribution in [0.3, 0.4) is 0 Å². The van der Waals surface area contributed by atoms with Crippen LogP contribution in [0.4, 0.5) is 4.39 Å². The van der Waals surface area contributed by atoms with Crippen LogP contribution in [-0.2, 0) is 4.74 Å². The number of ether oxygens (including phenoxy) is 1. The lowest BCUT2D eigenvalue weighted by molar-refractivity contribution is 0.0162. The molecule has 0 spiro atoms. The molecule has 1 heterocycles. The summed E-state index contributed by atoms with van der Waals surface area (Å²) in [6.45, 7) is 4.97. The molecule has 1 aliphatic rings. The number of morpholine rings is 1. The first kappa shape index (κ1) is 18.4. The van der Waals surface area contributed by atoms with E-state index in [4.69, 9.17) is 4.74 Å². The van der Waals surface area contributed by atoms with Crippen LogP contribution in [0.25, 0.3) is 0 Å². The van der Waals surface area contributed by atoms with Gasteiger partial charge in [-0.15, -0.1) is 0 Å². The van der Waals surface area contributed by atoms with Crippen LogP contribution in [0.2, 0.25) is 0 Å². The quantitative estimate of drug-likeness (QED) is 0.863. The molecular formula is C20H23FN2O3. The first-order chi connectivity index (χ1) is 12.5. The maximum Gasteiger partial charge on any atom is 0.255 e. The van der Waals surface area contributed by atoms with Gasteiger partial charge in [-0.1, -0.05) is 23.8 Å². The van der Waals surface area contributed by atoms with Crippen molar-refractivity contribution in [3.8, 4) is 5.75 Å². The molecule has 3 rings (SSSR count). The lowest BCUT2D eigenvalue weighted by atomic mass is 10.0. The summed E-state index contributed by atoms with van der Waals surface area (Å²) in [5, 5.41) is 12.8. The smallest absolute Gasteiger partial charge is 0.255 e. The number of aryl methyl sites for hydroxylation is 1. The van der Waals surface area contributed by atoms with Gasteiger partial charge < -0.3 is 15.2 Å². The second-order valence-electron chi connectivity index (χ2n) is 6.45. The highest BCUT2D eigenvalue weighted by Gasteiger charge is 2.24. The minimum absolute atomic E-state index is 0.0437. The molecule has 5 nitrogen and oxygen atoms in total. The van der Waals surface area contributed by atoms with E-state index in [2.05, 4.69) is 10.2 Å². The predicted molar refractivity (Wildman–Crippen MR) is 96.7 cm³/mol. The topological polar surface area (TPSA) is 61.8 Å². The molecule has 1 saturated heterocycles. The number of amides is 1. The van der Waals surface area contributed by atoms with Crippen LogP contribution in [-0.4, -0.2) is 48.8 Å². The maximum atomic E-state index is 13.3. The number of nitrogens with one attached hydrogen (secondary N) is 1. The van der Waals surface area contributed by atoms with Crippen molar-refractivity contribution in [3.05, 3.63) is 65.0 Å². The van der Waals surface area contributed by atoms with Gasteiger partial charge in [-0.05, 0) is 36.8 Å². The van der Waals surface area contributed by atoms with Gasteiger partial charge in [0.25, 0.3) is 5.91 Å². The molecule has 26 heavy (non-hydrogen) atoms. The lowest BCUT2D eigenvalue weighted by Gasteiger charge is -2.35. The van der Waals surface area contributed by atoms with E-state index < -0.39 is 0 Å². The highest BCUT2D eigenvalue weighted by molar-refractivity contribution is 5.97. The molecule has 2 N–H and O–H groups in total. The normalized spacial score (nSPS) is 16.2. The fourth-order valence-electron chi connectivity index (χ4n) is 3.15. The van der Waals surface area contributed by atoms with E-state index in [1.54, 1.807) is 24.3 Å². The van der Waals surface area contributed by atoms with Crippen molar-refractivity contribution < 1.29 is 19.0 Å². The van der Waals surface area contributed by atoms with Crippen LogP contribution in [0.1, 0.15) is 27.5 Å². The molecule has 138 valence electrons. The molecule has 2 aromatic carbocycles. The van der Waals surface area contributed by atoms with E-state index in [0.29, 0.717) is 19.8 Å². The largest absolute Gasteiger partial charge is 0.507 e. The zero-order chi connectivity index (χ0) is 18.5. The summed E-state index contributed by atoms with van der Waals surface area (Å²) < 4.78 is 18.7. The van der Waals surface area contributed by atoms with Crippen molar-refractivity contribution in [2.24, 2.45) is 0 Å². The van der Waals surface area contributed by atoms with Gasteiger partial charge in [0.1, 0.15) is 11.6 Å². The maximum absolute atomic E-state index is 13.3. The zero-order valence-corrected chi connectivity index (χ0v) is 14.7. The Hall–Kier alpha value is -2.44. The molecule has 0 aliphatic carbocycles. The summed E-state index contributed by atoms with van der Waals surface area (Å²) in [4.78, 5) is 14.7. The molecule has 0 bridgehead atoms. The summed E-state index contributed by atoms with van der Waals surface area (Å²) in [5.74, 6) is -0.660. The van der Waals surface area contributed by atoms with Crippen LogP contribution < -0.4 is 5.32 Å². The molecule has 1 unspecified atom stereocenters. The molecule has 0 radical (unpaired) electrons. The van der Waals surface area contributed by atoms with E-state index in [0.717, 1.165) is 24.2 Å². The van der Waals surface area contributed by atoms with E-state index >= 15 is 0 Å². The van der Waals surface area contributed by atoms with Gasteiger partial charge in [-0.25, -0.2) is 4.39 Å². The number of phenols is 1. The molecule has 1 fully saturated rings. The van der Waals surface area contributed by atoms with Crippen LogP contribution in [0.15, 0.2) is 42.5 Å². The van der Waals surface area contributed by atoms with Gasteiger partial charge in [0.15, 0.2) is 0 Å². The van der Waals surface area contributed by atoms with Crippen molar-refractivity contribution in [1.29, 1.82) is 0 Å². The third-order valence-corrected chi connectivity index (χ3v) is 4.59. The van der Waals surface area contributed by atoms with Crippen LogP contribution in [0.5, 0.6) is 5.75 Å². The Morgan fingerprint density at radius 3 is 2.62 bits per heavy atom. The van der Waals surface area contributed by atoms with Gasteiger partial charge in [-0.3, -0.25) is 9.69 Å². The Labute approximate surface area is 152 Å². The number of carbonyl (C=O) groups excluding carboxylic acids is 1. The van der Waals surface area contributed by atoms with Crippen LogP contribution >= 0.6 is 0 Å². The van der Waals surface area contributed by atoms with Gasteiger partial charge in [0.05, 0.1) is 24.8 Å². The molecule has 1 amide bonds. The summed E-state index contributed by atoms with van der Waals surface area (Å²) in [6, 6.07) is 11.2. The fraction of sp³-hybridized carbons (Fsp3) is 0.350. The summed E-state index contributed by atoms with van der Waals surface area (Å²) >= 11 is 0. The second kappa shape index (κ2) is 8.29. The highest BCUT2D eigenvalue weighted by atomic mass is 19.1. The number of benzene rings is 2. The number of phenolic OH excluding ortho intramolecular Hbond substituents is 1. The van der Waals surface area contributed by atoms with Crippen molar-refractivity contribution in [3.63, 3.8) is 0 Å². The standard InChI is InChI=1S/C20H23FN2O3/c1-14-2-7-19(24)17(12-14)20(25)22-13-18(23-8-10-26-11-9-23)15-3-5-16(21)6-4-15/h2-7,12,18,24H,8-11,13H2,1H3,(H,22,25). The minimum Gasteiger partial charge on any atom is -0.507 e. The number of hydrogen-bond acceptors (Lipinski definition) is 4. The van der Waals surface area contributed by atoms with Gasteiger partial charge in [0.2, 0.25) is 0 Å². The highest BCUT2D eigenvalue weighted by Crippen LogP contribution is 2.23. The van der Waals surface area contributed by atoms with Crippen LogP contribution in [0, 0.1) is 12.7 Å². The summed E-state index contributed by atoms with van der Waals surface area (Å²) in [6.07, 6.45) is 0. The Bertz CT molecular complexity index is 758. The summed E-state index contributed by atoms with van der Waals surface area (Å²) in [7, 11) is 0. The lowest BCUT2D eigenvalue weighted by Crippen LogP contribution is -2.43. The first-order valence-corrected chi connectivity index (χ1v) is 8.69. The van der Waals surface area contributed by atoms with E-state index in [-0.39, 0.29) is 29.1 Å². The predicted octanol–water partition coefficient (Wildman–Crippen LogP) is 2.64. The number of hydrogen-bond donors (Lipinski definition) is 2.